The molecule has 20 heavy (non-hydrogen) atoms. The van der Waals surface area contributed by atoms with E-state index >= 15 is 0 Å². The van der Waals surface area contributed by atoms with Crippen LogP contribution in [0.4, 0.5) is 0 Å². The Labute approximate surface area is 122 Å². The maximum atomic E-state index is 12.1. The Kier molecular flexibility index (Phi) is 6.71. The summed E-state index contributed by atoms with van der Waals surface area (Å²) in [4.78, 5) is 0. The fourth-order valence-electron chi connectivity index (χ4n) is 1.81. The van der Waals surface area contributed by atoms with Crippen molar-refractivity contribution in [1.29, 1.82) is 0 Å². The molecule has 2 N–H and O–H groups in total. The van der Waals surface area contributed by atoms with Crippen LogP contribution in [0.2, 0.25) is 0 Å². The molecule has 0 radical (unpaired) electrons. The predicted octanol–water partition coefficient (Wildman–Crippen LogP) is 2.49. The van der Waals surface area contributed by atoms with E-state index in [-0.39, 0.29) is 11.1 Å². The second-order valence-electron chi connectivity index (χ2n) is 5.49. The molecule has 0 aromatic carbocycles. The average Bonchev–Trinajstić information content (AvgIpc) is 2.83. The van der Waals surface area contributed by atoms with Crippen LogP contribution in [0.15, 0.2) is 21.6 Å². The number of hydrogen-bond acceptors (Lipinski definition) is 4. The molecule has 6 heteroatoms. The third-order valence-corrected chi connectivity index (χ3v) is 4.45. The molecule has 1 rings (SSSR count). The quantitative estimate of drug-likeness (QED) is 0.735. The van der Waals surface area contributed by atoms with E-state index in [1.807, 2.05) is 13.8 Å². The van der Waals surface area contributed by atoms with E-state index in [0.717, 1.165) is 19.4 Å². The van der Waals surface area contributed by atoms with E-state index in [9.17, 15) is 8.42 Å². The lowest BCUT2D eigenvalue weighted by molar-refractivity contribution is 0.397. The van der Waals surface area contributed by atoms with Gasteiger partial charge >= 0.3 is 0 Å². The Morgan fingerprint density at radius 2 is 1.90 bits per heavy atom. The van der Waals surface area contributed by atoms with Gasteiger partial charge in [-0.15, -0.1) is 0 Å². The van der Waals surface area contributed by atoms with Gasteiger partial charge in [0.05, 0.1) is 6.54 Å². The van der Waals surface area contributed by atoms with Gasteiger partial charge in [-0.1, -0.05) is 20.8 Å². The second-order valence-corrected chi connectivity index (χ2v) is 7.14. The Balaban J connectivity index is 2.61. The first kappa shape index (κ1) is 17.2. The Morgan fingerprint density at radius 1 is 1.20 bits per heavy atom. The van der Waals surface area contributed by atoms with Gasteiger partial charge in [0.25, 0.3) is 10.0 Å². The van der Waals surface area contributed by atoms with Gasteiger partial charge in [0.2, 0.25) is 5.09 Å². The summed E-state index contributed by atoms with van der Waals surface area (Å²) in [7, 11) is -3.56. The molecule has 0 amide bonds. The van der Waals surface area contributed by atoms with Crippen LogP contribution in [0.3, 0.4) is 0 Å². The minimum Gasteiger partial charge on any atom is -0.447 e. The zero-order valence-corrected chi connectivity index (χ0v) is 13.6. The normalized spacial score (nSPS) is 13.8. The molecule has 1 aromatic rings. The standard InChI is InChI=1S/C14H26N2O3S/c1-5-15-10-13-8-9-14(19-13)20(17,18)16-12(4)7-6-11(2)3/h8-9,11-12,15-16H,5-7,10H2,1-4H3. The van der Waals surface area contributed by atoms with E-state index < -0.39 is 10.0 Å². The first-order valence-electron chi connectivity index (χ1n) is 7.17. The van der Waals surface area contributed by atoms with Crippen LogP contribution in [0, 0.1) is 5.92 Å². The van der Waals surface area contributed by atoms with Gasteiger partial charge in [-0.2, -0.15) is 0 Å². The van der Waals surface area contributed by atoms with Crippen LogP contribution in [0.25, 0.3) is 0 Å². The van der Waals surface area contributed by atoms with Crippen LogP contribution < -0.4 is 10.0 Å². The van der Waals surface area contributed by atoms with Gasteiger partial charge < -0.3 is 9.73 Å². The molecule has 1 atom stereocenters. The highest BCUT2D eigenvalue weighted by Crippen LogP contribution is 2.15. The molecular formula is C14H26N2O3S. The van der Waals surface area contributed by atoms with Crippen molar-refractivity contribution in [2.24, 2.45) is 5.92 Å². The lowest BCUT2D eigenvalue weighted by Crippen LogP contribution is -2.32. The topological polar surface area (TPSA) is 71.3 Å². The first-order valence-corrected chi connectivity index (χ1v) is 8.65. The van der Waals surface area contributed by atoms with Gasteiger partial charge in [0.15, 0.2) is 0 Å². The monoisotopic (exact) mass is 302 g/mol. The Bertz CT molecular complexity index is 494. The molecule has 0 bridgehead atoms. The maximum absolute atomic E-state index is 12.1. The molecular weight excluding hydrogens is 276 g/mol. The van der Waals surface area contributed by atoms with Crippen molar-refractivity contribution >= 4 is 10.0 Å². The van der Waals surface area contributed by atoms with Crippen LogP contribution in [-0.4, -0.2) is 21.0 Å². The van der Waals surface area contributed by atoms with Gasteiger partial charge in [-0.25, -0.2) is 13.1 Å². The fourth-order valence-corrected chi connectivity index (χ4v) is 3.04. The van der Waals surface area contributed by atoms with Crippen LogP contribution in [-0.2, 0) is 16.6 Å². The summed E-state index contributed by atoms with van der Waals surface area (Å²) in [6.07, 6.45) is 1.81. The minimum atomic E-state index is -3.56. The molecule has 0 aliphatic rings. The van der Waals surface area contributed by atoms with Gasteiger partial charge in [-0.05, 0) is 44.4 Å². The number of sulfonamides is 1. The zero-order valence-electron chi connectivity index (χ0n) is 12.8. The molecule has 116 valence electrons. The number of rotatable bonds is 9. The molecule has 0 saturated carbocycles. The molecule has 0 spiro atoms. The van der Waals surface area contributed by atoms with Crippen molar-refractivity contribution in [2.75, 3.05) is 6.54 Å². The lowest BCUT2D eigenvalue weighted by atomic mass is 10.1. The molecule has 1 heterocycles. The van der Waals surface area contributed by atoms with Crippen LogP contribution in [0.1, 0.15) is 46.3 Å². The zero-order chi connectivity index (χ0) is 15.2. The van der Waals surface area contributed by atoms with E-state index in [1.165, 1.54) is 6.07 Å². The van der Waals surface area contributed by atoms with Crippen molar-refractivity contribution in [3.8, 4) is 0 Å². The summed E-state index contributed by atoms with van der Waals surface area (Å²) in [6, 6.07) is 3.10. The first-order chi connectivity index (χ1) is 9.35. The van der Waals surface area contributed by atoms with E-state index in [0.29, 0.717) is 18.2 Å². The highest BCUT2D eigenvalue weighted by Gasteiger charge is 2.21. The molecule has 0 aliphatic carbocycles. The second kappa shape index (κ2) is 7.81. The van der Waals surface area contributed by atoms with Crippen molar-refractivity contribution < 1.29 is 12.8 Å². The van der Waals surface area contributed by atoms with Gasteiger partial charge in [0, 0.05) is 6.04 Å². The van der Waals surface area contributed by atoms with Crippen LogP contribution in [0.5, 0.6) is 0 Å². The van der Waals surface area contributed by atoms with Crippen LogP contribution >= 0.6 is 0 Å². The fraction of sp³-hybridized carbons (Fsp3) is 0.714. The lowest BCUT2D eigenvalue weighted by Gasteiger charge is -2.14. The molecule has 5 nitrogen and oxygen atoms in total. The largest absolute Gasteiger partial charge is 0.447 e. The summed E-state index contributed by atoms with van der Waals surface area (Å²) in [5.41, 5.74) is 0. The summed E-state index contributed by atoms with van der Waals surface area (Å²) in [6.45, 7) is 9.46. The molecule has 0 fully saturated rings. The Hall–Kier alpha value is -0.850. The number of nitrogens with one attached hydrogen (secondary N) is 2. The highest BCUT2D eigenvalue weighted by atomic mass is 32.2. The van der Waals surface area contributed by atoms with E-state index in [2.05, 4.69) is 23.9 Å². The average molecular weight is 302 g/mol. The summed E-state index contributed by atoms with van der Waals surface area (Å²) in [5, 5.41) is 3.08. The van der Waals surface area contributed by atoms with Crippen molar-refractivity contribution in [3.63, 3.8) is 0 Å². The molecule has 1 aromatic heterocycles. The minimum absolute atomic E-state index is 0.0122. The molecule has 0 saturated heterocycles. The van der Waals surface area contributed by atoms with E-state index in [4.69, 9.17) is 4.42 Å². The SMILES string of the molecule is CCNCc1ccc(S(=O)(=O)NC(C)CCC(C)C)o1. The predicted molar refractivity (Wildman–Crippen MR) is 79.9 cm³/mol. The van der Waals surface area contributed by atoms with Crippen molar-refractivity contribution in [3.05, 3.63) is 17.9 Å². The third kappa shape index (κ3) is 5.64. The molecule has 0 aliphatic heterocycles. The summed E-state index contributed by atoms with van der Waals surface area (Å²) < 4.78 is 32.3. The van der Waals surface area contributed by atoms with E-state index in [1.54, 1.807) is 6.07 Å². The van der Waals surface area contributed by atoms with Gasteiger partial charge in [-0.3, -0.25) is 0 Å². The number of hydrogen-bond donors (Lipinski definition) is 2. The summed E-state index contributed by atoms with van der Waals surface area (Å²) in [5.74, 6) is 1.19. The maximum Gasteiger partial charge on any atom is 0.274 e. The Morgan fingerprint density at radius 3 is 2.50 bits per heavy atom. The smallest absolute Gasteiger partial charge is 0.274 e. The van der Waals surface area contributed by atoms with Crippen molar-refractivity contribution in [1.82, 2.24) is 10.0 Å². The van der Waals surface area contributed by atoms with Gasteiger partial charge in [0.1, 0.15) is 5.76 Å². The highest BCUT2D eigenvalue weighted by molar-refractivity contribution is 7.89. The summed E-state index contributed by atoms with van der Waals surface area (Å²) >= 11 is 0. The number of furan rings is 1. The third-order valence-electron chi connectivity index (χ3n) is 2.98. The molecule has 1 unspecified atom stereocenters. The van der Waals surface area contributed by atoms with Crippen molar-refractivity contribution in [2.45, 2.75) is 58.2 Å².